The zero-order valence-corrected chi connectivity index (χ0v) is 26.7. The molecule has 8 aromatic carbocycles. The van der Waals surface area contributed by atoms with Gasteiger partial charge in [0.1, 0.15) is 0 Å². The quantitative estimate of drug-likeness (QED) is 0.177. The van der Waals surface area contributed by atoms with Gasteiger partial charge < -0.3 is 0 Å². The van der Waals surface area contributed by atoms with Gasteiger partial charge in [0.15, 0.2) is 0 Å². The fourth-order valence-electron chi connectivity index (χ4n) is 7.69. The standard InChI is InChI=1S/C44H28S2/c1-2-12-28(13-3-1)40-25-30-24-38-37-23-29(21-22-39(37)45-42(38)26-41(30)46-40)43-33-16-6-8-18-35(33)44(36-19-9-7-17-34(36)43)32-20-10-14-27-11-4-5-15-31(27)32/h1-24,26,40H,25H2. The zero-order chi connectivity index (χ0) is 30.2. The number of thiophene rings is 1. The normalized spacial score (nSPS) is 14.6. The Morgan fingerprint density at radius 2 is 1.09 bits per heavy atom. The van der Waals surface area contributed by atoms with Crippen molar-refractivity contribution in [3.63, 3.8) is 0 Å². The van der Waals surface area contributed by atoms with Crippen molar-refractivity contribution in [2.75, 3.05) is 0 Å². The van der Waals surface area contributed by atoms with Crippen molar-refractivity contribution in [3.8, 4) is 22.3 Å². The minimum atomic E-state index is 0.493. The maximum atomic E-state index is 2.49. The van der Waals surface area contributed by atoms with E-state index in [9.17, 15) is 0 Å². The monoisotopic (exact) mass is 620 g/mol. The lowest BCUT2D eigenvalue weighted by molar-refractivity contribution is 0.952. The summed E-state index contributed by atoms with van der Waals surface area (Å²) in [5.41, 5.74) is 8.10. The maximum absolute atomic E-state index is 2.49. The molecule has 0 aliphatic carbocycles. The number of fused-ring (bicyclic) bond motifs is 7. The van der Waals surface area contributed by atoms with Crippen LogP contribution in [0.3, 0.4) is 0 Å². The summed E-state index contributed by atoms with van der Waals surface area (Å²) in [6.07, 6.45) is 1.09. The van der Waals surface area contributed by atoms with Gasteiger partial charge in [0, 0.05) is 30.3 Å². The molecule has 0 spiro atoms. The summed E-state index contributed by atoms with van der Waals surface area (Å²) < 4.78 is 2.74. The van der Waals surface area contributed by atoms with Crippen molar-refractivity contribution in [1.82, 2.24) is 0 Å². The Kier molecular flexibility index (Phi) is 5.91. The average Bonchev–Trinajstić information content (AvgIpc) is 3.70. The molecule has 1 aliphatic rings. The molecule has 0 saturated heterocycles. The van der Waals surface area contributed by atoms with E-state index >= 15 is 0 Å². The first kappa shape index (κ1) is 26.3. The fraction of sp³-hybridized carbons (Fsp3) is 0.0455. The van der Waals surface area contributed by atoms with Gasteiger partial charge in [-0.3, -0.25) is 0 Å². The summed E-state index contributed by atoms with van der Waals surface area (Å²) in [6, 6.07) is 56.5. The van der Waals surface area contributed by atoms with Gasteiger partial charge in [-0.25, -0.2) is 0 Å². The molecule has 0 radical (unpaired) electrons. The number of hydrogen-bond acceptors (Lipinski definition) is 2. The molecule has 0 amide bonds. The topological polar surface area (TPSA) is 0 Å². The Labute approximate surface area is 275 Å². The Hall–Kier alpha value is -4.89. The summed E-state index contributed by atoms with van der Waals surface area (Å²) >= 11 is 3.95. The Morgan fingerprint density at radius 1 is 0.457 bits per heavy atom. The third-order valence-corrected chi connectivity index (χ3v) is 12.3. The first-order valence-electron chi connectivity index (χ1n) is 15.9. The van der Waals surface area contributed by atoms with E-state index in [1.54, 1.807) is 0 Å². The van der Waals surface area contributed by atoms with Crippen molar-refractivity contribution in [1.29, 1.82) is 0 Å². The van der Waals surface area contributed by atoms with Crippen LogP contribution in [0.5, 0.6) is 0 Å². The molecular formula is C44H28S2. The zero-order valence-electron chi connectivity index (χ0n) is 25.0. The van der Waals surface area contributed by atoms with Gasteiger partial charge in [-0.15, -0.1) is 23.1 Å². The predicted molar refractivity (Wildman–Crippen MR) is 201 cm³/mol. The van der Waals surface area contributed by atoms with E-state index in [0.29, 0.717) is 5.25 Å². The Morgan fingerprint density at radius 3 is 1.85 bits per heavy atom. The van der Waals surface area contributed by atoms with Crippen LogP contribution in [0.4, 0.5) is 0 Å². The lowest BCUT2D eigenvalue weighted by Crippen LogP contribution is -1.91. The molecule has 1 unspecified atom stereocenters. The summed E-state index contributed by atoms with van der Waals surface area (Å²) in [4.78, 5) is 1.44. The van der Waals surface area contributed by atoms with Gasteiger partial charge in [0.2, 0.25) is 0 Å². The molecule has 9 aromatic rings. The van der Waals surface area contributed by atoms with Gasteiger partial charge in [-0.2, -0.15) is 0 Å². The van der Waals surface area contributed by atoms with Crippen LogP contribution in [0, 0.1) is 0 Å². The van der Waals surface area contributed by atoms with Crippen LogP contribution in [-0.2, 0) is 6.42 Å². The van der Waals surface area contributed by atoms with E-state index in [1.165, 1.54) is 90.8 Å². The molecule has 0 nitrogen and oxygen atoms in total. The van der Waals surface area contributed by atoms with Crippen molar-refractivity contribution < 1.29 is 0 Å². The van der Waals surface area contributed by atoms with Gasteiger partial charge in [-0.1, -0.05) is 127 Å². The predicted octanol–water partition coefficient (Wildman–Crippen LogP) is 13.2. The summed E-state index contributed by atoms with van der Waals surface area (Å²) in [6.45, 7) is 0. The highest BCUT2D eigenvalue weighted by atomic mass is 32.2. The third-order valence-electron chi connectivity index (χ3n) is 9.78. The van der Waals surface area contributed by atoms with Crippen LogP contribution >= 0.6 is 23.1 Å². The van der Waals surface area contributed by atoms with Crippen LogP contribution in [0.1, 0.15) is 16.4 Å². The lowest BCUT2D eigenvalue weighted by atomic mass is 9.84. The first-order chi connectivity index (χ1) is 22.8. The van der Waals surface area contributed by atoms with Crippen molar-refractivity contribution in [3.05, 3.63) is 163 Å². The molecular weight excluding hydrogens is 593 g/mol. The molecule has 216 valence electrons. The van der Waals surface area contributed by atoms with Crippen LogP contribution in [0.25, 0.3) is 74.7 Å². The molecule has 2 heteroatoms. The third kappa shape index (κ3) is 4.00. The molecule has 1 aliphatic heterocycles. The van der Waals surface area contributed by atoms with Crippen LogP contribution in [0.2, 0.25) is 0 Å². The second-order valence-electron chi connectivity index (χ2n) is 12.4. The van der Waals surface area contributed by atoms with Crippen LogP contribution in [0.15, 0.2) is 157 Å². The van der Waals surface area contributed by atoms with Gasteiger partial charge in [0.25, 0.3) is 0 Å². The lowest BCUT2D eigenvalue weighted by Gasteiger charge is -2.19. The highest BCUT2D eigenvalue weighted by Crippen LogP contribution is 2.50. The number of benzene rings is 8. The fourth-order valence-corrected chi connectivity index (χ4v) is 10.2. The number of hydrogen-bond donors (Lipinski definition) is 0. The molecule has 0 fully saturated rings. The van der Waals surface area contributed by atoms with Gasteiger partial charge in [-0.05, 0) is 96.4 Å². The summed E-state index contributed by atoms with van der Waals surface area (Å²) in [7, 11) is 0. The summed E-state index contributed by atoms with van der Waals surface area (Å²) in [5.74, 6) is 0. The Balaban J connectivity index is 1.20. The van der Waals surface area contributed by atoms with Crippen molar-refractivity contribution in [2.24, 2.45) is 0 Å². The molecule has 10 rings (SSSR count). The van der Waals surface area contributed by atoms with Crippen LogP contribution in [-0.4, -0.2) is 0 Å². The van der Waals surface area contributed by atoms with Crippen molar-refractivity contribution in [2.45, 2.75) is 16.6 Å². The highest BCUT2D eigenvalue weighted by Gasteiger charge is 2.25. The maximum Gasteiger partial charge on any atom is 0.0385 e. The molecule has 2 heterocycles. The van der Waals surface area contributed by atoms with Gasteiger partial charge in [0.05, 0.1) is 0 Å². The van der Waals surface area contributed by atoms with E-state index in [1.807, 2.05) is 23.1 Å². The van der Waals surface area contributed by atoms with E-state index in [-0.39, 0.29) is 0 Å². The second-order valence-corrected chi connectivity index (χ2v) is 14.7. The largest absolute Gasteiger partial charge is 0.135 e. The molecule has 1 atom stereocenters. The van der Waals surface area contributed by atoms with E-state index < -0.39 is 0 Å². The molecule has 0 saturated carbocycles. The molecule has 46 heavy (non-hydrogen) atoms. The molecule has 1 aromatic heterocycles. The first-order valence-corrected chi connectivity index (χ1v) is 17.6. The van der Waals surface area contributed by atoms with E-state index in [2.05, 4.69) is 152 Å². The minimum absolute atomic E-state index is 0.493. The minimum Gasteiger partial charge on any atom is -0.135 e. The smallest absolute Gasteiger partial charge is 0.0385 e. The molecule has 0 N–H and O–H groups in total. The second kappa shape index (κ2) is 10.3. The van der Waals surface area contributed by atoms with E-state index in [0.717, 1.165) is 6.42 Å². The number of rotatable bonds is 3. The van der Waals surface area contributed by atoms with Crippen LogP contribution < -0.4 is 0 Å². The SMILES string of the molecule is c1ccc(C2Cc3cc4c(cc3S2)sc2ccc(-c3c5ccccc5c(-c5cccc6ccccc56)c5ccccc35)cc24)cc1. The van der Waals surface area contributed by atoms with Gasteiger partial charge >= 0.3 is 0 Å². The van der Waals surface area contributed by atoms with Crippen molar-refractivity contribution >= 4 is 75.6 Å². The summed E-state index contributed by atoms with van der Waals surface area (Å²) in [5, 5.41) is 11.0. The molecule has 0 bridgehead atoms. The van der Waals surface area contributed by atoms with E-state index in [4.69, 9.17) is 0 Å². The average molecular weight is 621 g/mol. The Bertz CT molecular complexity index is 2580. The number of thioether (sulfide) groups is 1. The highest BCUT2D eigenvalue weighted by molar-refractivity contribution is 7.99.